The van der Waals surface area contributed by atoms with E-state index in [1.807, 2.05) is 43.3 Å². The van der Waals surface area contributed by atoms with E-state index in [9.17, 15) is 4.79 Å². The van der Waals surface area contributed by atoms with Gasteiger partial charge in [0.25, 0.3) is 5.56 Å². The van der Waals surface area contributed by atoms with Crippen LogP contribution in [0.1, 0.15) is 27.9 Å². The molecule has 0 amide bonds. The van der Waals surface area contributed by atoms with Crippen molar-refractivity contribution in [1.82, 2.24) is 9.38 Å². The fraction of sp³-hybridized carbons (Fsp3) is 0.158. The van der Waals surface area contributed by atoms with E-state index < -0.39 is 0 Å². The lowest BCUT2D eigenvalue weighted by molar-refractivity contribution is 1.01. The standard InChI is InChI=1S/C19H18N2O/c1-13-7-6-8-16(14(13)2)10-11-17-15(3)19(22)21-12-5-4-9-18(21)20-17/h4-12H,1-3H3/b11-10+. The van der Waals surface area contributed by atoms with Crippen molar-refractivity contribution in [2.45, 2.75) is 20.8 Å². The van der Waals surface area contributed by atoms with E-state index in [0.717, 1.165) is 11.3 Å². The van der Waals surface area contributed by atoms with Crippen LogP contribution >= 0.6 is 0 Å². The number of fused-ring (bicyclic) bond motifs is 1. The molecule has 0 radical (unpaired) electrons. The Morgan fingerprint density at radius 2 is 1.77 bits per heavy atom. The van der Waals surface area contributed by atoms with Crippen LogP contribution in [0.25, 0.3) is 17.8 Å². The molecule has 3 rings (SSSR count). The SMILES string of the molecule is Cc1cccc(/C=C/c2nc3ccccn3c(=O)c2C)c1C. The number of benzene rings is 1. The zero-order valence-electron chi connectivity index (χ0n) is 13.0. The Hall–Kier alpha value is -2.68. The highest BCUT2D eigenvalue weighted by Gasteiger charge is 2.06. The summed E-state index contributed by atoms with van der Waals surface area (Å²) < 4.78 is 1.57. The van der Waals surface area contributed by atoms with Gasteiger partial charge in [-0.05, 0) is 55.7 Å². The van der Waals surface area contributed by atoms with Crippen molar-refractivity contribution >= 4 is 17.8 Å². The van der Waals surface area contributed by atoms with E-state index in [1.165, 1.54) is 11.1 Å². The molecule has 22 heavy (non-hydrogen) atoms. The average Bonchev–Trinajstić information content (AvgIpc) is 2.53. The Labute approximate surface area is 129 Å². The van der Waals surface area contributed by atoms with Gasteiger partial charge in [0.05, 0.1) is 5.69 Å². The fourth-order valence-corrected chi connectivity index (χ4v) is 2.48. The maximum atomic E-state index is 12.4. The van der Waals surface area contributed by atoms with E-state index in [4.69, 9.17) is 0 Å². The van der Waals surface area contributed by atoms with Crippen LogP contribution in [-0.4, -0.2) is 9.38 Å². The lowest BCUT2D eigenvalue weighted by Gasteiger charge is -2.06. The van der Waals surface area contributed by atoms with E-state index in [1.54, 1.807) is 10.6 Å². The average molecular weight is 290 g/mol. The Balaban J connectivity index is 2.11. The maximum absolute atomic E-state index is 12.4. The van der Waals surface area contributed by atoms with Crippen LogP contribution in [-0.2, 0) is 0 Å². The highest BCUT2D eigenvalue weighted by Crippen LogP contribution is 2.16. The van der Waals surface area contributed by atoms with Crippen LogP contribution in [0, 0.1) is 20.8 Å². The minimum Gasteiger partial charge on any atom is -0.269 e. The first-order valence-electron chi connectivity index (χ1n) is 7.30. The van der Waals surface area contributed by atoms with Crippen LogP contribution < -0.4 is 5.56 Å². The summed E-state index contributed by atoms with van der Waals surface area (Å²) in [7, 11) is 0. The number of rotatable bonds is 2. The minimum absolute atomic E-state index is 0.0220. The first kappa shape index (κ1) is 14.3. The van der Waals surface area contributed by atoms with Gasteiger partial charge in [0, 0.05) is 11.8 Å². The summed E-state index contributed by atoms with van der Waals surface area (Å²) in [5.74, 6) is 0. The molecule has 0 bridgehead atoms. The Morgan fingerprint density at radius 3 is 2.59 bits per heavy atom. The molecule has 2 heterocycles. The fourth-order valence-electron chi connectivity index (χ4n) is 2.48. The van der Waals surface area contributed by atoms with Crippen LogP contribution in [0.2, 0.25) is 0 Å². The molecule has 2 aromatic heterocycles. The number of hydrogen-bond donors (Lipinski definition) is 0. The van der Waals surface area contributed by atoms with Crippen molar-refractivity contribution in [2.24, 2.45) is 0 Å². The highest BCUT2D eigenvalue weighted by molar-refractivity contribution is 5.72. The summed E-state index contributed by atoms with van der Waals surface area (Å²) in [6.45, 7) is 6.01. The van der Waals surface area contributed by atoms with Crippen molar-refractivity contribution in [2.75, 3.05) is 0 Å². The Kier molecular flexibility index (Phi) is 3.63. The molecule has 3 aromatic rings. The molecule has 3 nitrogen and oxygen atoms in total. The zero-order valence-corrected chi connectivity index (χ0v) is 13.0. The van der Waals surface area contributed by atoms with Crippen LogP contribution in [0.15, 0.2) is 47.4 Å². The molecule has 0 aliphatic rings. The number of aromatic nitrogens is 2. The van der Waals surface area contributed by atoms with Crippen molar-refractivity contribution in [3.8, 4) is 0 Å². The van der Waals surface area contributed by atoms with Gasteiger partial charge in [-0.3, -0.25) is 9.20 Å². The first-order chi connectivity index (χ1) is 10.6. The van der Waals surface area contributed by atoms with Crippen LogP contribution in [0.5, 0.6) is 0 Å². The van der Waals surface area contributed by atoms with Crippen LogP contribution in [0.3, 0.4) is 0 Å². The molecule has 0 aliphatic heterocycles. The third-order valence-corrected chi connectivity index (χ3v) is 4.06. The Morgan fingerprint density at radius 1 is 0.955 bits per heavy atom. The first-order valence-corrected chi connectivity index (χ1v) is 7.30. The molecular weight excluding hydrogens is 272 g/mol. The number of pyridine rings is 1. The second-order valence-corrected chi connectivity index (χ2v) is 5.48. The number of hydrogen-bond acceptors (Lipinski definition) is 2. The van der Waals surface area contributed by atoms with Crippen LogP contribution in [0.4, 0.5) is 0 Å². The van der Waals surface area contributed by atoms with Gasteiger partial charge in [-0.25, -0.2) is 4.98 Å². The van der Waals surface area contributed by atoms with Crippen molar-refractivity contribution in [1.29, 1.82) is 0 Å². The molecule has 0 atom stereocenters. The molecule has 3 heteroatoms. The number of nitrogens with zero attached hydrogens (tertiary/aromatic N) is 2. The van der Waals surface area contributed by atoms with Gasteiger partial charge >= 0.3 is 0 Å². The van der Waals surface area contributed by atoms with Crippen molar-refractivity contribution in [3.63, 3.8) is 0 Å². The van der Waals surface area contributed by atoms with Crippen molar-refractivity contribution in [3.05, 3.63) is 80.9 Å². The number of aryl methyl sites for hydroxylation is 1. The second-order valence-electron chi connectivity index (χ2n) is 5.48. The summed E-state index contributed by atoms with van der Waals surface area (Å²) in [5, 5.41) is 0. The molecule has 0 spiro atoms. The van der Waals surface area contributed by atoms with Gasteiger partial charge in [0.15, 0.2) is 0 Å². The summed E-state index contributed by atoms with van der Waals surface area (Å²) >= 11 is 0. The van der Waals surface area contributed by atoms with Gasteiger partial charge in [0.1, 0.15) is 5.65 Å². The molecular formula is C19H18N2O. The quantitative estimate of drug-likeness (QED) is 0.719. The normalized spacial score (nSPS) is 11.4. The van der Waals surface area contributed by atoms with Gasteiger partial charge in [0.2, 0.25) is 0 Å². The third-order valence-electron chi connectivity index (χ3n) is 4.06. The van der Waals surface area contributed by atoms with Gasteiger partial charge in [-0.1, -0.05) is 30.3 Å². The summed E-state index contributed by atoms with van der Waals surface area (Å²) in [6.07, 6.45) is 5.69. The third kappa shape index (κ3) is 2.46. The largest absolute Gasteiger partial charge is 0.269 e. The molecule has 1 aromatic carbocycles. The zero-order chi connectivity index (χ0) is 15.7. The van der Waals surface area contributed by atoms with E-state index in [-0.39, 0.29) is 5.56 Å². The summed E-state index contributed by atoms with van der Waals surface area (Å²) in [5.41, 5.74) is 5.67. The molecule has 0 fully saturated rings. The summed E-state index contributed by atoms with van der Waals surface area (Å²) in [6, 6.07) is 11.8. The highest BCUT2D eigenvalue weighted by atomic mass is 16.1. The molecule has 0 saturated heterocycles. The van der Waals surface area contributed by atoms with E-state index in [0.29, 0.717) is 11.2 Å². The molecule has 110 valence electrons. The van der Waals surface area contributed by atoms with Gasteiger partial charge in [-0.15, -0.1) is 0 Å². The monoisotopic (exact) mass is 290 g/mol. The van der Waals surface area contributed by atoms with Crippen molar-refractivity contribution < 1.29 is 0 Å². The second kappa shape index (κ2) is 5.60. The maximum Gasteiger partial charge on any atom is 0.261 e. The minimum atomic E-state index is -0.0220. The lowest BCUT2D eigenvalue weighted by Crippen LogP contribution is -2.18. The molecule has 0 N–H and O–H groups in total. The van der Waals surface area contributed by atoms with Gasteiger partial charge in [-0.2, -0.15) is 0 Å². The predicted octanol–water partition coefficient (Wildman–Crippen LogP) is 3.79. The van der Waals surface area contributed by atoms with Gasteiger partial charge < -0.3 is 0 Å². The molecule has 0 unspecified atom stereocenters. The molecule has 0 saturated carbocycles. The topological polar surface area (TPSA) is 34.4 Å². The lowest BCUT2D eigenvalue weighted by atomic mass is 10.0. The van der Waals surface area contributed by atoms with E-state index in [2.05, 4.69) is 31.0 Å². The molecule has 0 aliphatic carbocycles. The predicted molar refractivity (Wildman–Crippen MR) is 91.0 cm³/mol. The smallest absolute Gasteiger partial charge is 0.261 e. The Bertz CT molecular complexity index is 936. The summed E-state index contributed by atoms with van der Waals surface area (Å²) in [4.78, 5) is 16.9. The van der Waals surface area contributed by atoms with E-state index >= 15 is 0 Å².